The molecule has 38 heavy (non-hydrogen) atoms. The van der Waals surface area contributed by atoms with E-state index in [0.29, 0.717) is 18.1 Å². The number of imidazole rings is 1. The number of carbonyl (C=O) groups excluding carboxylic acids is 1. The molecule has 0 saturated carbocycles. The first-order valence-corrected chi connectivity index (χ1v) is 13.2. The van der Waals surface area contributed by atoms with Gasteiger partial charge in [0.25, 0.3) is 0 Å². The van der Waals surface area contributed by atoms with E-state index in [1.54, 1.807) is 13.4 Å². The van der Waals surface area contributed by atoms with E-state index in [1.807, 2.05) is 35.9 Å². The van der Waals surface area contributed by atoms with Gasteiger partial charge in [-0.1, -0.05) is 36.8 Å². The van der Waals surface area contributed by atoms with Gasteiger partial charge in [-0.25, -0.2) is 9.97 Å². The number of nitrogens with zero attached hydrogens (tertiary/aromatic N) is 5. The summed E-state index contributed by atoms with van der Waals surface area (Å²) in [5.74, 6) is 2.56. The smallest absolute Gasteiger partial charge is 0.229 e. The van der Waals surface area contributed by atoms with Gasteiger partial charge in [0.1, 0.15) is 11.6 Å². The zero-order chi connectivity index (χ0) is 26.4. The topological polar surface area (TPSA) is 85.2 Å². The summed E-state index contributed by atoms with van der Waals surface area (Å²) in [4.78, 5) is 29.7. The van der Waals surface area contributed by atoms with E-state index in [2.05, 4.69) is 53.3 Å². The summed E-state index contributed by atoms with van der Waals surface area (Å²) in [6.45, 7) is 6.92. The minimum Gasteiger partial charge on any atom is -0.494 e. The van der Waals surface area contributed by atoms with Crippen molar-refractivity contribution in [3.63, 3.8) is 0 Å². The molecule has 2 aliphatic rings. The Labute approximate surface area is 222 Å². The van der Waals surface area contributed by atoms with Crippen molar-refractivity contribution in [1.82, 2.24) is 19.5 Å². The van der Waals surface area contributed by atoms with Crippen molar-refractivity contribution in [2.24, 2.45) is 0 Å². The van der Waals surface area contributed by atoms with Crippen molar-refractivity contribution >= 4 is 23.2 Å². The highest BCUT2D eigenvalue weighted by Gasteiger charge is 2.45. The fourth-order valence-corrected chi connectivity index (χ4v) is 5.80. The fraction of sp³-hybridized carbons (Fsp3) is 0.333. The second kappa shape index (κ2) is 9.59. The molecule has 194 valence electrons. The van der Waals surface area contributed by atoms with Crippen molar-refractivity contribution in [3.05, 3.63) is 83.1 Å². The predicted octanol–water partition coefficient (Wildman–Crippen LogP) is 5.08. The summed E-state index contributed by atoms with van der Waals surface area (Å²) in [6, 6.07) is 14.3. The summed E-state index contributed by atoms with van der Waals surface area (Å²) in [7, 11) is 1.66. The van der Waals surface area contributed by atoms with E-state index >= 15 is 0 Å². The number of hydrogen-bond donors (Lipinski definition) is 1. The van der Waals surface area contributed by atoms with Crippen LogP contribution in [0.2, 0.25) is 0 Å². The lowest BCUT2D eigenvalue weighted by molar-refractivity contribution is -0.120. The Morgan fingerprint density at radius 1 is 1.11 bits per heavy atom. The summed E-state index contributed by atoms with van der Waals surface area (Å²) < 4.78 is 7.62. The third-order valence-electron chi connectivity index (χ3n) is 7.69. The molecule has 2 aromatic heterocycles. The van der Waals surface area contributed by atoms with Crippen LogP contribution < -0.4 is 15.0 Å². The number of nitrogens with one attached hydrogen (secondary N) is 1. The van der Waals surface area contributed by atoms with E-state index in [1.165, 1.54) is 11.1 Å². The number of carbonyl (C=O) groups is 1. The zero-order valence-corrected chi connectivity index (χ0v) is 22.2. The second-order valence-electron chi connectivity index (χ2n) is 10.2. The van der Waals surface area contributed by atoms with Crippen LogP contribution in [0.15, 0.2) is 55.0 Å². The van der Waals surface area contributed by atoms with Crippen molar-refractivity contribution in [1.29, 1.82) is 0 Å². The third-order valence-corrected chi connectivity index (χ3v) is 7.69. The molecule has 8 nitrogen and oxygen atoms in total. The molecule has 0 radical (unpaired) electrons. The van der Waals surface area contributed by atoms with Crippen molar-refractivity contribution in [2.45, 2.75) is 52.0 Å². The SMILES string of the molecule is CCc1nc(Nc2ccc(-n3cnc(C)c3)c(OC)c2)nc2c1CC(=O)C1C(c3ccc(C)cc3)CCN21. The molecule has 0 aliphatic carbocycles. The van der Waals surface area contributed by atoms with Crippen LogP contribution in [0, 0.1) is 13.8 Å². The van der Waals surface area contributed by atoms with Gasteiger partial charge >= 0.3 is 0 Å². The lowest BCUT2D eigenvalue weighted by atomic mass is 9.85. The molecule has 2 unspecified atom stereocenters. The van der Waals surface area contributed by atoms with E-state index in [-0.39, 0.29) is 17.7 Å². The largest absolute Gasteiger partial charge is 0.494 e. The van der Waals surface area contributed by atoms with Crippen LogP contribution in [-0.2, 0) is 17.6 Å². The number of aromatic nitrogens is 4. The van der Waals surface area contributed by atoms with E-state index in [4.69, 9.17) is 14.7 Å². The molecule has 2 aromatic carbocycles. The van der Waals surface area contributed by atoms with Crippen LogP contribution in [-0.4, -0.2) is 45.0 Å². The molecule has 0 amide bonds. The molecule has 1 N–H and O–H groups in total. The Balaban J connectivity index is 1.33. The van der Waals surface area contributed by atoms with Gasteiger partial charge in [0.15, 0.2) is 5.78 Å². The van der Waals surface area contributed by atoms with Gasteiger partial charge in [0.2, 0.25) is 5.95 Å². The van der Waals surface area contributed by atoms with Gasteiger partial charge < -0.3 is 19.5 Å². The molecule has 6 rings (SSSR count). The maximum Gasteiger partial charge on any atom is 0.229 e. The molecule has 1 fully saturated rings. The van der Waals surface area contributed by atoms with Crippen LogP contribution in [0.25, 0.3) is 5.69 Å². The molecule has 0 bridgehead atoms. The minimum absolute atomic E-state index is 0.177. The highest BCUT2D eigenvalue weighted by molar-refractivity contribution is 5.95. The van der Waals surface area contributed by atoms with Crippen molar-refractivity contribution < 1.29 is 9.53 Å². The average Bonchev–Trinajstić information content (AvgIpc) is 3.56. The Kier molecular flexibility index (Phi) is 6.10. The maximum absolute atomic E-state index is 13.4. The number of anilines is 3. The predicted molar refractivity (Wildman–Crippen MR) is 148 cm³/mol. The van der Waals surface area contributed by atoms with Crippen LogP contribution in [0.5, 0.6) is 5.75 Å². The van der Waals surface area contributed by atoms with Crippen molar-refractivity contribution in [3.8, 4) is 11.4 Å². The standard InChI is InChI=1S/C30H32N6O2/c1-5-24-23-15-26(37)28-22(20-8-6-18(2)7-9-20)12-13-36(28)29(23)34-30(33-24)32-21-10-11-25(27(14-21)38-4)35-16-19(3)31-17-35/h6-11,14,16-17,22,28H,5,12-13,15H2,1-4H3,(H,32,33,34). The Bertz CT molecular complexity index is 1510. The van der Waals surface area contributed by atoms with Gasteiger partial charge in [-0.05, 0) is 44.4 Å². The number of benzene rings is 2. The van der Waals surface area contributed by atoms with Gasteiger partial charge in [-0.3, -0.25) is 4.79 Å². The molecule has 1 saturated heterocycles. The lowest BCUT2D eigenvalue weighted by Crippen LogP contribution is -2.45. The number of rotatable bonds is 6. The first-order valence-electron chi connectivity index (χ1n) is 13.2. The first kappa shape index (κ1) is 24.2. The maximum atomic E-state index is 13.4. The average molecular weight is 509 g/mol. The lowest BCUT2D eigenvalue weighted by Gasteiger charge is -2.34. The van der Waals surface area contributed by atoms with Crippen LogP contribution >= 0.6 is 0 Å². The van der Waals surface area contributed by atoms with Crippen LogP contribution in [0.1, 0.15) is 47.3 Å². The second-order valence-corrected chi connectivity index (χ2v) is 10.2. The van der Waals surface area contributed by atoms with Crippen LogP contribution in [0.3, 0.4) is 0 Å². The summed E-state index contributed by atoms with van der Waals surface area (Å²) in [5.41, 5.74) is 7.00. The molecule has 4 aromatic rings. The monoisotopic (exact) mass is 508 g/mol. The number of ketones is 1. The number of fused-ring (bicyclic) bond motifs is 3. The number of ether oxygens (including phenoxy) is 1. The zero-order valence-electron chi connectivity index (χ0n) is 22.2. The molecule has 4 heterocycles. The van der Waals surface area contributed by atoms with Gasteiger partial charge in [0, 0.05) is 42.4 Å². The number of methoxy groups -OCH3 is 1. The quantitative estimate of drug-likeness (QED) is 0.389. The molecule has 0 spiro atoms. The van der Waals surface area contributed by atoms with E-state index < -0.39 is 0 Å². The minimum atomic E-state index is -0.185. The number of aryl methyl sites for hydroxylation is 3. The number of Topliss-reactive ketones (excluding diaryl/α,β-unsaturated/α-hetero) is 1. The highest BCUT2D eigenvalue weighted by Crippen LogP contribution is 2.42. The molecular weight excluding hydrogens is 476 g/mol. The highest BCUT2D eigenvalue weighted by atomic mass is 16.5. The molecule has 2 atom stereocenters. The van der Waals surface area contributed by atoms with Gasteiger partial charge in [0.05, 0.1) is 36.6 Å². The Hall–Kier alpha value is -4.20. The normalized spacial score (nSPS) is 18.3. The van der Waals surface area contributed by atoms with Crippen molar-refractivity contribution in [2.75, 3.05) is 23.9 Å². The summed E-state index contributed by atoms with van der Waals surface area (Å²) in [6.07, 6.45) is 5.78. The van der Waals surface area contributed by atoms with E-state index in [0.717, 1.165) is 53.5 Å². The Morgan fingerprint density at radius 2 is 1.92 bits per heavy atom. The molecule has 8 heteroatoms. The first-order chi connectivity index (χ1) is 18.4. The van der Waals surface area contributed by atoms with Gasteiger partial charge in [-0.15, -0.1) is 0 Å². The molecular formula is C30H32N6O2. The number of hydrogen-bond acceptors (Lipinski definition) is 7. The summed E-state index contributed by atoms with van der Waals surface area (Å²) in [5, 5.41) is 3.39. The van der Waals surface area contributed by atoms with Crippen LogP contribution in [0.4, 0.5) is 17.5 Å². The fourth-order valence-electron chi connectivity index (χ4n) is 5.80. The Morgan fingerprint density at radius 3 is 2.63 bits per heavy atom. The molecule has 2 aliphatic heterocycles. The summed E-state index contributed by atoms with van der Waals surface area (Å²) >= 11 is 0. The van der Waals surface area contributed by atoms with E-state index in [9.17, 15) is 4.79 Å². The van der Waals surface area contributed by atoms with Gasteiger partial charge in [-0.2, -0.15) is 4.98 Å². The third kappa shape index (κ3) is 4.20.